The van der Waals surface area contributed by atoms with Gasteiger partial charge in [0.25, 0.3) is 0 Å². The molecular formula is C17H26N4S. The van der Waals surface area contributed by atoms with Gasteiger partial charge in [0.2, 0.25) is 0 Å². The molecule has 0 radical (unpaired) electrons. The van der Waals surface area contributed by atoms with Crippen molar-refractivity contribution in [1.29, 1.82) is 0 Å². The zero-order chi connectivity index (χ0) is 15.7. The van der Waals surface area contributed by atoms with Crippen molar-refractivity contribution in [3.8, 4) is 0 Å². The highest BCUT2D eigenvalue weighted by atomic mass is 32.1. The van der Waals surface area contributed by atoms with Crippen LogP contribution >= 0.6 is 11.3 Å². The van der Waals surface area contributed by atoms with Crippen molar-refractivity contribution in [2.45, 2.75) is 52.5 Å². The van der Waals surface area contributed by atoms with Crippen LogP contribution < -0.4 is 0 Å². The van der Waals surface area contributed by atoms with E-state index in [4.69, 9.17) is 4.98 Å². The van der Waals surface area contributed by atoms with E-state index in [0.29, 0.717) is 12.1 Å². The minimum Gasteiger partial charge on any atom is -0.328 e. The number of thiophene rings is 1. The quantitative estimate of drug-likeness (QED) is 0.845. The summed E-state index contributed by atoms with van der Waals surface area (Å²) in [6.07, 6.45) is 2.07. The van der Waals surface area contributed by atoms with E-state index in [0.717, 1.165) is 26.2 Å². The standard InChI is InChI=1S/C17H26N4S/c1-13(2)19(4)11-15-10-18-17-14(3)20(7-8-21(15)17)12-16-6-5-9-22-16/h5-6,9-10,13-14H,7-8,11-12H2,1-4H3. The van der Waals surface area contributed by atoms with Crippen molar-refractivity contribution in [3.05, 3.63) is 40.1 Å². The van der Waals surface area contributed by atoms with E-state index in [1.807, 2.05) is 11.3 Å². The van der Waals surface area contributed by atoms with Crippen LogP contribution in [0.4, 0.5) is 0 Å². The molecule has 22 heavy (non-hydrogen) atoms. The first-order valence-electron chi connectivity index (χ1n) is 8.07. The molecule has 3 rings (SSSR count). The van der Waals surface area contributed by atoms with E-state index < -0.39 is 0 Å². The number of hydrogen-bond donors (Lipinski definition) is 0. The first kappa shape index (κ1) is 15.7. The molecular weight excluding hydrogens is 292 g/mol. The summed E-state index contributed by atoms with van der Waals surface area (Å²) in [7, 11) is 2.18. The van der Waals surface area contributed by atoms with E-state index in [1.165, 1.54) is 16.4 Å². The summed E-state index contributed by atoms with van der Waals surface area (Å²) < 4.78 is 2.43. The van der Waals surface area contributed by atoms with E-state index >= 15 is 0 Å². The van der Waals surface area contributed by atoms with E-state index in [2.05, 4.69) is 65.9 Å². The molecule has 2 aromatic rings. The minimum atomic E-state index is 0.383. The molecule has 0 fully saturated rings. The molecule has 1 atom stereocenters. The second kappa shape index (κ2) is 6.52. The molecule has 0 N–H and O–H groups in total. The maximum absolute atomic E-state index is 4.73. The Morgan fingerprint density at radius 3 is 2.91 bits per heavy atom. The Morgan fingerprint density at radius 1 is 1.41 bits per heavy atom. The second-order valence-corrected chi connectivity index (χ2v) is 7.53. The Kier molecular flexibility index (Phi) is 4.66. The smallest absolute Gasteiger partial charge is 0.126 e. The van der Waals surface area contributed by atoms with Crippen molar-refractivity contribution in [2.24, 2.45) is 0 Å². The second-order valence-electron chi connectivity index (χ2n) is 6.49. The van der Waals surface area contributed by atoms with E-state index in [1.54, 1.807) is 0 Å². The molecule has 5 heteroatoms. The van der Waals surface area contributed by atoms with Crippen molar-refractivity contribution in [1.82, 2.24) is 19.4 Å². The van der Waals surface area contributed by atoms with Crippen LogP contribution in [0.15, 0.2) is 23.7 Å². The van der Waals surface area contributed by atoms with Crippen LogP contribution in [0, 0.1) is 0 Å². The predicted molar refractivity (Wildman–Crippen MR) is 92.0 cm³/mol. The number of nitrogens with zero attached hydrogens (tertiary/aromatic N) is 4. The van der Waals surface area contributed by atoms with Gasteiger partial charge in [0.15, 0.2) is 0 Å². The Bertz CT molecular complexity index is 602. The average molecular weight is 318 g/mol. The van der Waals surface area contributed by atoms with Crippen LogP contribution in [0.1, 0.15) is 43.2 Å². The van der Waals surface area contributed by atoms with Crippen LogP contribution in [0.25, 0.3) is 0 Å². The van der Waals surface area contributed by atoms with Gasteiger partial charge in [0, 0.05) is 43.3 Å². The Morgan fingerprint density at radius 2 is 2.23 bits per heavy atom. The minimum absolute atomic E-state index is 0.383. The highest BCUT2D eigenvalue weighted by Gasteiger charge is 2.27. The van der Waals surface area contributed by atoms with Gasteiger partial charge in [-0.3, -0.25) is 9.80 Å². The third-order valence-electron chi connectivity index (χ3n) is 4.73. The lowest BCUT2D eigenvalue weighted by Crippen LogP contribution is -2.37. The highest BCUT2D eigenvalue weighted by molar-refractivity contribution is 7.09. The number of rotatable bonds is 5. The first-order valence-corrected chi connectivity index (χ1v) is 8.95. The lowest BCUT2D eigenvalue weighted by Gasteiger charge is -2.34. The maximum atomic E-state index is 4.73. The summed E-state index contributed by atoms with van der Waals surface area (Å²) in [5.41, 5.74) is 1.34. The van der Waals surface area contributed by atoms with Gasteiger partial charge in [-0.1, -0.05) is 6.07 Å². The number of fused-ring (bicyclic) bond motifs is 1. The average Bonchev–Trinajstić information content (AvgIpc) is 3.12. The van der Waals surface area contributed by atoms with Crippen molar-refractivity contribution >= 4 is 11.3 Å². The molecule has 0 saturated heterocycles. The lowest BCUT2D eigenvalue weighted by molar-refractivity contribution is 0.154. The molecule has 0 aliphatic carbocycles. The van der Waals surface area contributed by atoms with Crippen LogP contribution in [0.3, 0.4) is 0 Å². The van der Waals surface area contributed by atoms with Crippen molar-refractivity contribution < 1.29 is 0 Å². The summed E-state index contributed by atoms with van der Waals surface area (Å²) in [5.74, 6) is 1.22. The molecule has 0 aromatic carbocycles. The van der Waals surface area contributed by atoms with Crippen LogP contribution in [0.5, 0.6) is 0 Å². The van der Waals surface area contributed by atoms with Gasteiger partial charge in [0.05, 0.1) is 11.7 Å². The molecule has 1 unspecified atom stereocenters. The Balaban J connectivity index is 1.74. The molecule has 0 amide bonds. The summed E-state index contributed by atoms with van der Waals surface area (Å²) in [6.45, 7) is 10.9. The molecule has 0 saturated carbocycles. The van der Waals surface area contributed by atoms with Gasteiger partial charge in [-0.25, -0.2) is 4.98 Å². The topological polar surface area (TPSA) is 24.3 Å². The molecule has 3 heterocycles. The van der Waals surface area contributed by atoms with Gasteiger partial charge in [0.1, 0.15) is 5.82 Å². The van der Waals surface area contributed by atoms with Gasteiger partial charge < -0.3 is 4.57 Å². The molecule has 120 valence electrons. The van der Waals surface area contributed by atoms with Gasteiger partial charge in [-0.2, -0.15) is 0 Å². The maximum Gasteiger partial charge on any atom is 0.126 e. The molecule has 0 bridgehead atoms. The summed E-state index contributed by atoms with van der Waals surface area (Å²) in [6, 6.07) is 5.30. The van der Waals surface area contributed by atoms with Gasteiger partial charge >= 0.3 is 0 Å². The number of hydrogen-bond acceptors (Lipinski definition) is 4. The fourth-order valence-corrected chi connectivity index (χ4v) is 3.72. The number of imidazole rings is 1. The molecule has 4 nitrogen and oxygen atoms in total. The van der Waals surface area contributed by atoms with Gasteiger partial charge in [-0.05, 0) is 39.3 Å². The summed E-state index contributed by atoms with van der Waals surface area (Å²) >= 11 is 1.84. The van der Waals surface area contributed by atoms with Crippen LogP contribution in [-0.4, -0.2) is 39.0 Å². The van der Waals surface area contributed by atoms with E-state index in [-0.39, 0.29) is 0 Å². The van der Waals surface area contributed by atoms with Crippen molar-refractivity contribution in [2.75, 3.05) is 13.6 Å². The number of aromatic nitrogens is 2. The molecule has 1 aliphatic rings. The van der Waals surface area contributed by atoms with Crippen LogP contribution in [0.2, 0.25) is 0 Å². The highest BCUT2D eigenvalue weighted by Crippen LogP contribution is 2.28. The van der Waals surface area contributed by atoms with Crippen LogP contribution in [-0.2, 0) is 19.6 Å². The molecule has 0 spiro atoms. The lowest BCUT2D eigenvalue weighted by atomic mass is 10.2. The fraction of sp³-hybridized carbons (Fsp3) is 0.588. The zero-order valence-electron chi connectivity index (χ0n) is 14.0. The third kappa shape index (κ3) is 3.12. The first-order chi connectivity index (χ1) is 10.6. The Hall–Kier alpha value is -1.17. The molecule has 2 aromatic heterocycles. The van der Waals surface area contributed by atoms with Crippen molar-refractivity contribution in [3.63, 3.8) is 0 Å². The predicted octanol–water partition coefficient (Wildman–Crippen LogP) is 3.36. The Labute approximate surface area is 137 Å². The summed E-state index contributed by atoms with van der Waals surface area (Å²) in [5, 5.41) is 2.16. The largest absolute Gasteiger partial charge is 0.328 e. The zero-order valence-corrected chi connectivity index (χ0v) is 14.8. The molecule has 1 aliphatic heterocycles. The van der Waals surface area contributed by atoms with E-state index in [9.17, 15) is 0 Å². The third-order valence-corrected chi connectivity index (χ3v) is 5.59. The SMILES string of the molecule is CC(C)N(C)Cc1cnc2n1CCN(Cc1cccs1)C2C. The normalized spacial score (nSPS) is 19.1. The summed E-state index contributed by atoms with van der Waals surface area (Å²) in [4.78, 5) is 11.1. The fourth-order valence-electron chi connectivity index (χ4n) is 2.99. The monoisotopic (exact) mass is 318 g/mol. The van der Waals surface area contributed by atoms with Gasteiger partial charge in [-0.15, -0.1) is 11.3 Å².